The Bertz CT molecular complexity index is 1500. The van der Waals surface area contributed by atoms with Crippen LogP contribution < -0.4 is 22.7 Å². The van der Waals surface area contributed by atoms with Crippen LogP contribution in [0.5, 0.6) is 0 Å². The van der Waals surface area contributed by atoms with Gasteiger partial charge in [-0.05, 0) is 13.0 Å². The number of aromatic nitrogens is 4. The fraction of sp³-hybridized carbons (Fsp3) is 0.579. The van der Waals surface area contributed by atoms with Crippen LogP contribution in [0.1, 0.15) is 30.9 Å². The Balaban J connectivity index is 1.43. The lowest BCUT2D eigenvalue weighted by molar-refractivity contribution is -0.0570. The molecule has 2 aliphatic heterocycles. The fourth-order valence-electron chi connectivity index (χ4n) is 4.15. The maximum absolute atomic E-state index is 12.8. The van der Waals surface area contributed by atoms with Crippen molar-refractivity contribution in [3.63, 3.8) is 0 Å². The lowest BCUT2D eigenvalue weighted by Gasteiger charge is -2.22. The Labute approximate surface area is 223 Å². The summed E-state index contributed by atoms with van der Waals surface area (Å²) >= 11 is 0. The molecule has 2 aromatic heterocycles. The predicted molar refractivity (Wildman–Crippen MR) is 131 cm³/mol. The Kier molecular flexibility index (Phi) is 8.94. The summed E-state index contributed by atoms with van der Waals surface area (Å²) in [6, 6.07) is 1.35. The van der Waals surface area contributed by atoms with Gasteiger partial charge in [-0.2, -0.15) is 4.98 Å². The lowest BCUT2D eigenvalue weighted by Crippen LogP contribution is -2.33. The number of aliphatic hydroxyl groups is 1. The molecule has 7 atom stereocenters. The van der Waals surface area contributed by atoms with Gasteiger partial charge in [-0.3, -0.25) is 32.5 Å². The molecule has 4 heterocycles. The lowest BCUT2D eigenvalue weighted by atomic mass is 10.2. The third kappa shape index (κ3) is 7.39. The number of nitrogen functional groups attached to an aromatic ring is 1. The van der Waals surface area contributed by atoms with Crippen molar-refractivity contribution in [2.75, 3.05) is 18.9 Å². The Morgan fingerprint density at radius 2 is 1.73 bits per heavy atom. The van der Waals surface area contributed by atoms with E-state index in [-0.39, 0.29) is 24.2 Å². The predicted octanol–water partition coefficient (Wildman–Crippen LogP) is -1.77. The summed E-state index contributed by atoms with van der Waals surface area (Å²) in [5.74, 6) is -0.0127. The molecule has 2 aliphatic rings. The van der Waals surface area contributed by atoms with Crippen LogP contribution in [0, 0.1) is 6.92 Å². The molecule has 2 saturated heterocycles. The van der Waals surface area contributed by atoms with Gasteiger partial charge in [0.05, 0.1) is 19.3 Å². The van der Waals surface area contributed by atoms with Crippen molar-refractivity contribution in [1.82, 2.24) is 19.1 Å². The molecule has 1 unspecified atom stereocenters. The number of aromatic amines is 1. The number of rotatable bonds is 10. The van der Waals surface area contributed by atoms with E-state index >= 15 is 0 Å². The molecule has 0 bridgehead atoms. The van der Waals surface area contributed by atoms with Crippen LogP contribution in [0.3, 0.4) is 0 Å². The van der Waals surface area contributed by atoms with Crippen molar-refractivity contribution in [3.05, 3.63) is 55.3 Å². The maximum Gasteiger partial charge on any atom is 0.472 e. The maximum atomic E-state index is 12.8. The van der Waals surface area contributed by atoms with Crippen LogP contribution in [0.25, 0.3) is 0 Å². The van der Waals surface area contributed by atoms with Crippen LogP contribution in [-0.4, -0.2) is 76.5 Å². The van der Waals surface area contributed by atoms with Gasteiger partial charge in [0.25, 0.3) is 5.56 Å². The summed E-state index contributed by atoms with van der Waals surface area (Å²) in [6.07, 6.45) is -5.08. The number of ether oxygens (including phenoxy) is 2. The summed E-state index contributed by atoms with van der Waals surface area (Å²) in [5, 5.41) is 10.3. The molecule has 4 rings (SSSR count). The van der Waals surface area contributed by atoms with Crippen LogP contribution in [-0.2, 0) is 32.2 Å². The second kappa shape index (κ2) is 11.8. The van der Waals surface area contributed by atoms with Crippen LogP contribution in [0.4, 0.5) is 5.82 Å². The first-order valence-electron chi connectivity index (χ1n) is 11.6. The van der Waals surface area contributed by atoms with Crippen molar-refractivity contribution in [2.24, 2.45) is 0 Å². The molecule has 0 spiro atoms. The minimum absolute atomic E-state index is 0.0127. The van der Waals surface area contributed by atoms with Crippen molar-refractivity contribution in [2.45, 2.75) is 56.6 Å². The number of phosphoric ester groups is 2. The molecule has 19 nitrogen and oxygen atoms in total. The number of H-pyrrole nitrogens is 1. The largest absolute Gasteiger partial charge is 0.472 e. The Morgan fingerprint density at radius 1 is 1.07 bits per heavy atom. The van der Waals surface area contributed by atoms with Crippen molar-refractivity contribution in [1.29, 1.82) is 0 Å². The topological polar surface area (TPSA) is 277 Å². The molecule has 7 N–H and O–H groups in total. The molecular formula is C19H27N5O14P2. The quantitative estimate of drug-likeness (QED) is 0.162. The number of aliphatic hydroxyl groups excluding tert-OH is 1. The normalized spacial score (nSPS) is 28.5. The van der Waals surface area contributed by atoms with Gasteiger partial charge in [-0.1, -0.05) is 0 Å². The van der Waals surface area contributed by atoms with Gasteiger partial charge >= 0.3 is 27.0 Å². The van der Waals surface area contributed by atoms with Gasteiger partial charge in [0.15, 0.2) is 0 Å². The monoisotopic (exact) mass is 611 g/mol. The first kappa shape index (κ1) is 30.4. The van der Waals surface area contributed by atoms with E-state index in [2.05, 4.69) is 14.5 Å². The molecule has 0 radical (unpaired) electrons. The van der Waals surface area contributed by atoms with Gasteiger partial charge in [-0.25, -0.2) is 18.7 Å². The highest BCUT2D eigenvalue weighted by Crippen LogP contribution is 2.49. The highest BCUT2D eigenvalue weighted by Gasteiger charge is 2.44. The average molecular weight is 611 g/mol. The second-order valence-electron chi connectivity index (χ2n) is 9.01. The SMILES string of the molecule is Cc1cn([C@@H]2C[C@H](OP(=O)(O)OC[C@H]3O[C@@H](n4ccc(N)nc4=O)C[C@@H]3O)[C@@H](COP(=O)(O)O)O2)c(=O)[nH]c1=O. The molecule has 0 aromatic carbocycles. The van der Waals surface area contributed by atoms with Crippen molar-refractivity contribution < 1.29 is 52.0 Å². The van der Waals surface area contributed by atoms with E-state index < -0.39 is 82.7 Å². The average Bonchev–Trinajstić information content (AvgIpc) is 3.40. The van der Waals surface area contributed by atoms with E-state index in [4.69, 9.17) is 34.0 Å². The molecule has 2 aromatic rings. The smallest absolute Gasteiger partial charge is 0.390 e. The third-order valence-corrected chi connectivity index (χ3v) is 7.58. The van der Waals surface area contributed by atoms with E-state index in [0.717, 1.165) is 9.13 Å². The third-order valence-electron chi connectivity index (χ3n) is 6.08. The first-order chi connectivity index (χ1) is 18.6. The molecular weight excluding hydrogens is 584 g/mol. The zero-order valence-corrected chi connectivity index (χ0v) is 22.5. The minimum Gasteiger partial charge on any atom is -0.390 e. The number of nitrogens with one attached hydrogen (secondary N) is 1. The summed E-state index contributed by atoms with van der Waals surface area (Å²) in [7, 11) is -9.92. The number of nitrogens with zero attached hydrogens (tertiary/aromatic N) is 3. The molecule has 21 heteroatoms. The van der Waals surface area contributed by atoms with E-state index in [1.165, 1.54) is 25.4 Å². The highest BCUT2D eigenvalue weighted by atomic mass is 31.2. The minimum atomic E-state index is -4.98. The number of nitrogens with two attached hydrogens (primary N) is 1. The zero-order valence-electron chi connectivity index (χ0n) is 20.7. The Hall–Kier alpha value is -2.54. The van der Waals surface area contributed by atoms with Crippen LogP contribution in [0.2, 0.25) is 0 Å². The summed E-state index contributed by atoms with van der Waals surface area (Å²) in [5.41, 5.74) is 3.38. The number of anilines is 1. The zero-order chi connectivity index (χ0) is 29.4. The van der Waals surface area contributed by atoms with Gasteiger partial charge in [0.2, 0.25) is 0 Å². The number of hydrogen-bond donors (Lipinski definition) is 6. The van der Waals surface area contributed by atoms with E-state index in [9.17, 15) is 33.5 Å². The van der Waals surface area contributed by atoms with Crippen molar-refractivity contribution >= 4 is 21.5 Å². The summed E-state index contributed by atoms with van der Waals surface area (Å²) < 4.78 is 51.8. The summed E-state index contributed by atoms with van der Waals surface area (Å²) in [6.45, 7) is -0.0209. The molecule has 0 aliphatic carbocycles. The number of aryl methyl sites for hydroxylation is 1. The molecule has 0 saturated carbocycles. The fourth-order valence-corrected chi connectivity index (χ4v) is 5.45. The number of phosphoric acid groups is 2. The second-order valence-corrected chi connectivity index (χ2v) is 11.7. The van der Waals surface area contributed by atoms with Crippen molar-refractivity contribution in [3.8, 4) is 0 Å². The van der Waals surface area contributed by atoms with E-state index in [1.54, 1.807) is 0 Å². The molecule has 40 heavy (non-hydrogen) atoms. The summed E-state index contributed by atoms with van der Waals surface area (Å²) in [4.78, 5) is 70.1. The highest BCUT2D eigenvalue weighted by molar-refractivity contribution is 7.47. The van der Waals surface area contributed by atoms with Gasteiger partial charge in [0, 0.05) is 30.8 Å². The standard InChI is InChI=1S/C19H27N5O14P2/c1-9-6-24(19(28)22-17(9)26)16-5-11(13(37-16)8-34-39(29,30)31)38-40(32,33)35-7-12-10(25)4-15(36-12)23-3-2-14(20)21-18(23)27/h2-3,6,10-13,15-16,25H,4-5,7-8H2,1H3,(H,32,33)(H2,20,21,27)(H,22,26,28)(H2,29,30,31)/t10-,11-,12+,13+,15+,16-/m0/s1. The Morgan fingerprint density at radius 3 is 2.40 bits per heavy atom. The van der Waals surface area contributed by atoms with Crippen LogP contribution in [0.15, 0.2) is 32.8 Å². The first-order valence-corrected chi connectivity index (χ1v) is 14.7. The number of hydrogen-bond acceptors (Lipinski definition) is 13. The molecule has 2 fully saturated rings. The van der Waals surface area contributed by atoms with Gasteiger partial charge in [-0.15, -0.1) is 0 Å². The van der Waals surface area contributed by atoms with E-state index in [0.29, 0.717) is 0 Å². The molecule has 0 amide bonds. The van der Waals surface area contributed by atoms with Gasteiger partial charge in [0.1, 0.15) is 36.6 Å². The van der Waals surface area contributed by atoms with Crippen LogP contribution >= 0.6 is 15.6 Å². The molecule has 222 valence electrons. The van der Waals surface area contributed by atoms with Gasteiger partial charge < -0.3 is 35.0 Å². The van der Waals surface area contributed by atoms with E-state index in [1.807, 2.05) is 0 Å².